The number of ether oxygens (including phenoxy) is 3. The molecule has 184 valence electrons. The van der Waals surface area contributed by atoms with E-state index >= 15 is 0 Å². The molecule has 12 nitrogen and oxygen atoms in total. The van der Waals surface area contributed by atoms with Crippen LogP contribution >= 0.6 is 0 Å². The second-order valence-electron chi connectivity index (χ2n) is 8.36. The molecule has 3 atom stereocenters. The highest BCUT2D eigenvalue weighted by atomic mass is 16.6. The summed E-state index contributed by atoms with van der Waals surface area (Å²) in [6.45, 7) is 0.118. The van der Waals surface area contributed by atoms with Crippen LogP contribution in [0.4, 0.5) is 10.6 Å². The summed E-state index contributed by atoms with van der Waals surface area (Å²) >= 11 is 0. The molecule has 1 saturated heterocycles. The molecule has 12 heteroatoms. The zero-order valence-electron chi connectivity index (χ0n) is 19.0. The number of benzene rings is 1. The fourth-order valence-electron chi connectivity index (χ4n) is 4.16. The quantitative estimate of drug-likeness (QED) is 0.477. The number of phenolic OH excluding ortho intramolecular Hbond substituents is 1. The zero-order chi connectivity index (χ0) is 24.9. The minimum atomic E-state index is -0.512. The molecule has 35 heavy (non-hydrogen) atoms. The molecule has 2 amide bonds. The van der Waals surface area contributed by atoms with Crippen LogP contribution in [0.2, 0.25) is 0 Å². The van der Waals surface area contributed by atoms with Gasteiger partial charge in [-0.15, -0.1) is 0 Å². The molecule has 1 saturated carbocycles. The van der Waals surface area contributed by atoms with Gasteiger partial charge in [0.2, 0.25) is 0 Å². The van der Waals surface area contributed by atoms with Gasteiger partial charge in [0.15, 0.2) is 18.7 Å². The van der Waals surface area contributed by atoms with Crippen LogP contribution in [0.15, 0.2) is 18.2 Å². The maximum absolute atomic E-state index is 12.3. The van der Waals surface area contributed by atoms with Crippen LogP contribution in [0, 0.1) is 11.3 Å². The van der Waals surface area contributed by atoms with Gasteiger partial charge >= 0.3 is 6.09 Å². The van der Waals surface area contributed by atoms with Crippen LogP contribution in [-0.4, -0.2) is 70.9 Å². The first-order valence-electron chi connectivity index (χ1n) is 11.1. The number of aromatic amines is 1. The minimum Gasteiger partial charge on any atom is -0.507 e. The molecular formula is C23H25N5O7. The second-order valence-corrected chi connectivity index (χ2v) is 8.36. The molecule has 0 unspecified atom stereocenters. The van der Waals surface area contributed by atoms with Crippen molar-refractivity contribution in [3.05, 3.63) is 29.5 Å². The highest BCUT2D eigenvalue weighted by Crippen LogP contribution is 2.36. The number of H-pyrrole nitrogens is 1. The topological polar surface area (TPSA) is 167 Å². The normalized spacial score (nSPS) is 20.9. The molecule has 1 aromatic heterocycles. The molecule has 2 aromatic rings. The van der Waals surface area contributed by atoms with Crippen LogP contribution in [0.5, 0.6) is 17.2 Å². The van der Waals surface area contributed by atoms with E-state index in [1.807, 2.05) is 0 Å². The van der Waals surface area contributed by atoms with Crippen molar-refractivity contribution in [1.29, 1.82) is 5.26 Å². The Labute approximate surface area is 200 Å². The molecule has 1 aliphatic carbocycles. The molecule has 2 fully saturated rings. The summed E-state index contributed by atoms with van der Waals surface area (Å²) in [6, 6.07) is 6.05. The van der Waals surface area contributed by atoms with Crippen molar-refractivity contribution in [3.63, 3.8) is 0 Å². The Balaban J connectivity index is 1.28. The number of hydrogen-bond acceptors (Lipinski definition) is 9. The summed E-state index contributed by atoms with van der Waals surface area (Å²) in [4.78, 5) is 37.2. The lowest BCUT2D eigenvalue weighted by Crippen LogP contribution is -2.51. The monoisotopic (exact) mass is 483 g/mol. The first-order chi connectivity index (χ1) is 16.9. The van der Waals surface area contributed by atoms with E-state index < -0.39 is 24.6 Å². The van der Waals surface area contributed by atoms with Gasteiger partial charge in [0, 0.05) is 36.4 Å². The van der Waals surface area contributed by atoms with Crippen LogP contribution in [0.1, 0.15) is 47.7 Å². The number of methoxy groups -OCH3 is 1. The van der Waals surface area contributed by atoms with Gasteiger partial charge < -0.3 is 24.6 Å². The summed E-state index contributed by atoms with van der Waals surface area (Å²) < 4.78 is 16.0. The average molecular weight is 483 g/mol. The Kier molecular flexibility index (Phi) is 7.05. The molecular weight excluding hydrogens is 458 g/mol. The third kappa shape index (κ3) is 5.29. The van der Waals surface area contributed by atoms with Crippen LogP contribution in [0.3, 0.4) is 0 Å². The fraction of sp³-hybridized carbons (Fsp3) is 0.435. The van der Waals surface area contributed by atoms with Crippen LogP contribution < -0.4 is 14.8 Å². The van der Waals surface area contributed by atoms with Crippen molar-refractivity contribution in [2.24, 2.45) is 0 Å². The summed E-state index contributed by atoms with van der Waals surface area (Å²) in [6.07, 6.45) is 2.51. The van der Waals surface area contributed by atoms with E-state index in [9.17, 15) is 19.5 Å². The molecule has 1 aromatic carbocycles. The van der Waals surface area contributed by atoms with E-state index in [4.69, 9.17) is 19.5 Å². The Bertz CT molecular complexity index is 1160. The van der Waals surface area contributed by atoms with Gasteiger partial charge in [-0.25, -0.2) is 4.79 Å². The van der Waals surface area contributed by atoms with Gasteiger partial charge in [-0.1, -0.05) is 0 Å². The predicted octanol–water partition coefficient (Wildman–Crippen LogP) is 2.32. The van der Waals surface area contributed by atoms with Crippen molar-refractivity contribution >= 4 is 24.1 Å². The van der Waals surface area contributed by atoms with E-state index in [-0.39, 0.29) is 34.8 Å². The first kappa shape index (κ1) is 23.9. The molecule has 2 heterocycles. The standard InChI is InChI=1S/C23H25N5O7/c1-33-16-7-19(30)17(11-29)20(8-16)34-12-22(31)25-21-9-18(26-27-21)13-2-3-15(6-13)35-23(32)28-5-4-14(28)10-24/h7-9,11,13-15,30H,2-6,12H2,1H3,(H2,25,26,27,31)/t13-,14-,15+/m0/s1. The zero-order valence-corrected chi connectivity index (χ0v) is 19.0. The Morgan fingerprint density at radius 2 is 2.17 bits per heavy atom. The maximum Gasteiger partial charge on any atom is 0.411 e. The number of carbonyl (C=O) groups excluding carboxylic acids is 3. The number of aromatic nitrogens is 2. The van der Waals surface area contributed by atoms with Crippen molar-refractivity contribution in [2.45, 2.75) is 43.7 Å². The highest BCUT2D eigenvalue weighted by molar-refractivity contribution is 5.91. The Morgan fingerprint density at radius 3 is 2.86 bits per heavy atom. The van der Waals surface area contributed by atoms with Crippen molar-refractivity contribution < 1.29 is 33.7 Å². The Morgan fingerprint density at radius 1 is 1.34 bits per heavy atom. The minimum absolute atomic E-state index is 0.0144. The number of phenols is 1. The molecule has 0 spiro atoms. The smallest absolute Gasteiger partial charge is 0.411 e. The number of anilines is 1. The highest BCUT2D eigenvalue weighted by Gasteiger charge is 2.36. The molecule has 0 radical (unpaired) electrons. The number of aldehydes is 1. The van der Waals surface area contributed by atoms with Crippen molar-refractivity contribution in [2.75, 3.05) is 25.6 Å². The Hall–Kier alpha value is -4.27. The lowest BCUT2D eigenvalue weighted by atomic mass is 10.0. The van der Waals surface area contributed by atoms with Crippen LogP contribution in [-0.2, 0) is 9.53 Å². The van der Waals surface area contributed by atoms with E-state index in [1.165, 1.54) is 24.1 Å². The van der Waals surface area contributed by atoms with Crippen LogP contribution in [0.25, 0.3) is 0 Å². The number of nitrogens with zero attached hydrogens (tertiary/aromatic N) is 3. The van der Waals surface area contributed by atoms with Gasteiger partial charge in [0.1, 0.15) is 29.4 Å². The van der Waals surface area contributed by atoms with Crippen molar-refractivity contribution in [1.82, 2.24) is 15.1 Å². The second kappa shape index (κ2) is 10.3. The number of likely N-dealkylation sites (tertiary alicyclic amines) is 1. The first-order valence-corrected chi connectivity index (χ1v) is 11.1. The number of nitriles is 1. The lowest BCUT2D eigenvalue weighted by Gasteiger charge is -2.35. The van der Waals surface area contributed by atoms with E-state index in [0.717, 1.165) is 12.1 Å². The average Bonchev–Trinajstić information content (AvgIpc) is 3.46. The van der Waals surface area contributed by atoms with E-state index in [2.05, 4.69) is 21.6 Å². The van der Waals surface area contributed by atoms with Gasteiger partial charge in [-0.05, 0) is 25.7 Å². The number of aromatic hydroxyl groups is 1. The molecule has 1 aliphatic heterocycles. The summed E-state index contributed by atoms with van der Waals surface area (Å²) in [7, 11) is 1.40. The van der Waals surface area contributed by atoms with Gasteiger partial charge in [-0.3, -0.25) is 19.6 Å². The number of hydrogen-bond donors (Lipinski definition) is 3. The molecule has 0 bridgehead atoms. The lowest BCUT2D eigenvalue weighted by molar-refractivity contribution is -0.118. The number of amides is 2. The predicted molar refractivity (Wildman–Crippen MR) is 120 cm³/mol. The van der Waals surface area contributed by atoms with Gasteiger partial charge in [0.05, 0.1) is 18.7 Å². The number of carbonyl (C=O) groups is 3. The third-order valence-corrected chi connectivity index (χ3v) is 6.17. The third-order valence-electron chi connectivity index (χ3n) is 6.17. The number of nitrogens with one attached hydrogen (secondary N) is 2. The van der Waals surface area contributed by atoms with Crippen molar-refractivity contribution in [3.8, 4) is 23.3 Å². The molecule has 3 N–H and O–H groups in total. The maximum atomic E-state index is 12.3. The summed E-state index contributed by atoms with van der Waals surface area (Å²) in [5, 5.41) is 28.5. The van der Waals surface area contributed by atoms with E-state index in [1.54, 1.807) is 6.07 Å². The van der Waals surface area contributed by atoms with Gasteiger partial charge in [-0.2, -0.15) is 10.4 Å². The molecule has 2 aliphatic rings. The van der Waals surface area contributed by atoms with Gasteiger partial charge in [0.25, 0.3) is 5.91 Å². The SMILES string of the molecule is COc1cc(O)c(C=O)c(OCC(=O)Nc2cc([C@H]3CC[C@@H](OC(=O)N4CC[C@H]4C#N)C3)[nH]n2)c1. The number of rotatable bonds is 8. The molecule has 4 rings (SSSR count). The van der Waals surface area contributed by atoms with E-state index in [0.29, 0.717) is 37.9 Å². The summed E-state index contributed by atoms with van der Waals surface area (Å²) in [5.74, 6) is -0.156. The largest absolute Gasteiger partial charge is 0.507 e. The summed E-state index contributed by atoms with van der Waals surface area (Å²) in [5.41, 5.74) is 0.717. The fourth-order valence-corrected chi connectivity index (χ4v) is 4.16.